The summed E-state index contributed by atoms with van der Waals surface area (Å²) in [5.74, 6) is 1.02. The number of nitrogens with one attached hydrogen (secondary N) is 1. The van der Waals surface area contributed by atoms with E-state index in [1.807, 2.05) is 17.8 Å². The van der Waals surface area contributed by atoms with E-state index in [0.717, 1.165) is 12.2 Å². The van der Waals surface area contributed by atoms with Crippen LogP contribution in [0.4, 0.5) is 0 Å². The van der Waals surface area contributed by atoms with Crippen molar-refractivity contribution in [2.24, 2.45) is 0 Å². The van der Waals surface area contributed by atoms with E-state index in [2.05, 4.69) is 53.5 Å². The zero-order valence-electron chi connectivity index (χ0n) is 11.2. The Balaban J connectivity index is 2.18. The molecule has 0 spiro atoms. The van der Waals surface area contributed by atoms with E-state index in [-0.39, 0.29) is 6.04 Å². The van der Waals surface area contributed by atoms with Crippen molar-refractivity contribution >= 4 is 0 Å². The normalized spacial score (nSPS) is 12.9. The minimum atomic E-state index is 0.271. The lowest BCUT2D eigenvalue weighted by molar-refractivity contribution is 0.478. The van der Waals surface area contributed by atoms with Gasteiger partial charge in [-0.1, -0.05) is 30.3 Å². The average molecular weight is 244 g/mol. The molecule has 0 fully saturated rings. The highest BCUT2D eigenvalue weighted by Crippen LogP contribution is 2.18. The predicted molar refractivity (Wildman–Crippen MR) is 72.4 cm³/mol. The lowest BCUT2D eigenvalue weighted by atomic mass is 10.0. The van der Waals surface area contributed by atoms with E-state index < -0.39 is 0 Å². The van der Waals surface area contributed by atoms with Gasteiger partial charge in [-0.05, 0) is 26.5 Å². The number of hydrogen-bond donors (Lipinski definition) is 1. The Labute approximate surface area is 108 Å². The van der Waals surface area contributed by atoms with E-state index in [9.17, 15) is 0 Å². The first-order valence-corrected chi connectivity index (χ1v) is 6.33. The van der Waals surface area contributed by atoms with Gasteiger partial charge in [-0.3, -0.25) is 0 Å². The molecule has 18 heavy (non-hydrogen) atoms. The molecule has 4 heteroatoms. The number of hydrogen-bond acceptors (Lipinski definition) is 3. The molecule has 2 rings (SSSR count). The van der Waals surface area contributed by atoms with Crippen LogP contribution in [-0.4, -0.2) is 21.8 Å². The van der Waals surface area contributed by atoms with Gasteiger partial charge in [-0.25, -0.2) is 9.67 Å². The monoisotopic (exact) mass is 244 g/mol. The third-order valence-corrected chi connectivity index (χ3v) is 3.07. The molecule has 96 valence electrons. The number of likely N-dealkylation sites (N-methyl/N-ethyl adjacent to an activating group) is 1. The molecule has 0 aliphatic carbocycles. The number of benzene rings is 1. The highest BCUT2D eigenvalue weighted by molar-refractivity contribution is 5.20. The van der Waals surface area contributed by atoms with Crippen molar-refractivity contribution < 1.29 is 0 Å². The van der Waals surface area contributed by atoms with Gasteiger partial charge in [0.15, 0.2) is 0 Å². The Hall–Kier alpha value is -1.68. The molecule has 0 aliphatic rings. The molecule has 0 bridgehead atoms. The van der Waals surface area contributed by atoms with Gasteiger partial charge in [-0.15, -0.1) is 0 Å². The van der Waals surface area contributed by atoms with Gasteiger partial charge in [-0.2, -0.15) is 5.10 Å². The first-order chi connectivity index (χ1) is 8.72. The summed E-state index contributed by atoms with van der Waals surface area (Å²) in [6.45, 7) is 4.24. The van der Waals surface area contributed by atoms with Gasteiger partial charge in [0.25, 0.3) is 0 Å². The molecule has 1 N–H and O–H groups in total. The fourth-order valence-electron chi connectivity index (χ4n) is 2.11. The third-order valence-electron chi connectivity index (χ3n) is 3.07. The van der Waals surface area contributed by atoms with E-state index in [1.54, 1.807) is 6.33 Å². The second-order valence-corrected chi connectivity index (χ2v) is 4.67. The van der Waals surface area contributed by atoms with E-state index in [4.69, 9.17) is 0 Å². The van der Waals surface area contributed by atoms with Crippen molar-refractivity contribution in [2.45, 2.75) is 32.4 Å². The van der Waals surface area contributed by atoms with Gasteiger partial charge >= 0.3 is 0 Å². The van der Waals surface area contributed by atoms with Crippen LogP contribution in [-0.2, 0) is 6.42 Å². The van der Waals surface area contributed by atoms with Gasteiger partial charge in [0, 0.05) is 18.5 Å². The smallest absolute Gasteiger partial charge is 0.138 e. The maximum atomic E-state index is 4.36. The topological polar surface area (TPSA) is 42.7 Å². The third kappa shape index (κ3) is 2.76. The first-order valence-electron chi connectivity index (χ1n) is 6.33. The van der Waals surface area contributed by atoms with Gasteiger partial charge in [0.05, 0.1) is 0 Å². The first kappa shape index (κ1) is 12.8. The maximum Gasteiger partial charge on any atom is 0.138 e. The van der Waals surface area contributed by atoms with Crippen LogP contribution in [0.2, 0.25) is 0 Å². The molecule has 0 radical (unpaired) electrons. The molecule has 0 amide bonds. The lowest BCUT2D eigenvalue weighted by Crippen LogP contribution is -2.21. The van der Waals surface area contributed by atoms with Gasteiger partial charge < -0.3 is 5.32 Å². The molecular weight excluding hydrogens is 224 g/mol. The Morgan fingerprint density at radius 3 is 2.56 bits per heavy atom. The van der Waals surface area contributed by atoms with Crippen molar-refractivity contribution in [3.63, 3.8) is 0 Å². The quantitative estimate of drug-likeness (QED) is 0.878. The summed E-state index contributed by atoms with van der Waals surface area (Å²) in [5.41, 5.74) is 1.28. The summed E-state index contributed by atoms with van der Waals surface area (Å²) in [6.07, 6.45) is 2.48. The Bertz CT molecular complexity index is 476. The number of aromatic nitrogens is 3. The fraction of sp³-hybridized carbons (Fsp3) is 0.429. The standard InChI is InChI=1S/C14H20N4/c1-11(2)18-14(16-10-17-18)9-13(15-3)12-7-5-4-6-8-12/h4-8,10-11,13,15H,9H2,1-3H3. The average Bonchev–Trinajstić information content (AvgIpc) is 2.85. The SMILES string of the molecule is CNC(Cc1ncnn1C(C)C)c1ccccc1. The second-order valence-electron chi connectivity index (χ2n) is 4.67. The van der Waals surface area contributed by atoms with Crippen molar-refractivity contribution in [1.29, 1.82) is 0 Å². The summed E-state index contributed by atoms with van der Waals surface area (Å²) in [6, 6.07) is 11.0. The molecule has 1 unspecified atom stereocenters. The Morgan fingerprint density at radius 1 is 1.22 bits per heavy atom. The van der Waals surface area contributed by atoms with Gasteiger partial charge in [0.2, 0.25) is 0 Å². The highest BCUT2D eigenvalue weighted by atomic mass is 15.3. The molecule has 1 heterocycles. The minimum absolute atomic E-state index is 0.271. The Morgan fingerprint density at radius 2 is 1.94 bits per heavy atom. The van der Waals surface area contributed by atoms with Crippen molar-refractivity contribution in [2.75, 3.05) is 7.05 Å². The summed E-state index contributed by atoms with van der Waals surface area (Å²) < 4.78 is 1.98. The van der Waals surface area contributed by atoms with Crippen LogP contribution in [0, 0.1) is 0 Å². The summed E-state index contributed by atoms with van der Waals surface area (Å²) >= 11 is 0. The Kier molecular flexibility index (Phi) is 4.10. The molecule has 0 aliphatic heterocycles. The molecule has 0 saturated heterocycles. The molecule has 0 saturated carbocycles. The van der Waals surface area contributed by atoms with Crippen molar-refractivity contribution in [3.05, 3.63) is 48.0 Å². The fourth-order valence-corrected chi connectivity index (χ4v) is 2.11. The van der Waals surface area contributed by atoms with Crippen LogP contribution in [0.15, 0.2) is 36.7 Å². The zero-order valence-corrected chi connectivity index (χ0v) is 11.2. The van der Waals surface area contributed by atoms with Crippen molar-refractivity contribution in [1.82, 2.24) is 20.1 Å². The van der Waals surface area contributed by atoms with Crippen molar-refractivity contribution in [3.8, 4) is 0 Å². The van der Waals surface area contributed by atoms with Gasteiger partial charge in [0.1, 0.15) is 12.2 Å². The molecule has 4 nitrogen and oxygen atoms in total. The van der Waals surface area contributed by atoms with Crippen LogP contribution >= 0.6 is 0 Å². The molecule has 1 aromatic heterocycles. The number of rotatable bonds is 5. The predicted octanol–water partition coefficient (Wildman–Crippen LogP) is 2.36. The van der Waals surface area contributed by atoms with Crippen LogP contribution in [0.3, 0.4) is 0 Å². The van der Waals surface area contributed by atoms with Crippen LogP contribution < -0.4 is 5.32 Å². The molecule has 2 aromatic rings. The van der Waals surface area contributed by atoms with E-state index in [0.29, 0.717) is 6.04 Å². The second kappa shape index (κ2) is 5.78. The molecule has 1 aromatic carbocycles. The molecule has 1 atom stereocenters. The zero-order chi connectivity index (χ0) is 13.0. The van der Waals surface area contributed by atoms with Crippen LogP contribution in [0.25, 0.3) is 0 Å². The summed E-state index contributed by atoms with van der Waals surface area (Å²) in [7, 11) is 1.98. The number of nitrogens with zero attached hydrogens (tertiary/aromatic N) is 3. The lowest BCUT2D eigenvalue weighted by Gasteiger charge is -2.17. The summed E-state index contributed by atoms with van der Waals surface area (Å²) in [4.78, 5) is 4.36. The van der Waals surface area contributed by atoms with E-state index >= 15 is 0 Å². The highest BCUT2D eigenvalue weighted by Gasteiger charge is 2.15. The van der Waals surface area contributed by atoms with Crippen LogP contribution in [0.5, 0.6) is 0 Å². The van der Waals surface area contributed by atoms with E-state index in [1.165, 1.54) is 5.56 Å². The minimum Gasteiger partial charge on any atom is -0.313 e. The van der Waals surface area contributed by atoms with Crippen LogP contribution in [0.1, 0.15) is 37.3 Å². The summed E-state index contributed by atoms with van der Waals surface area (Å²) in [5, 5.41) is 7.62. The maximum absolute atomic E-state index is 4.36. The largest absolute Gasteiger partial charge is 0.313 e. The molecular formula is C14H20N4.